The van der Waals surface area contributed by atoms with E-state index in [2.05, 4.69) is 11.1 Å². The highest BCUT2D eigenvalue weighted by Gasteiger charge is 2.22. The van der Waals surface area contributed by atoms with Gasteiger partial charge < -0.3 is 18.9 Å². The summed E-state index contributed by atoms with van der Waals surface area (Å²) in [6, 6.07) is 4.07. The van der Waals surface area contributed by atoms with Crippen molar-refractivity contribution in [2.75, 3.05) is 27.9 Å². The number of benzene rings is 1. The zero-order valence-electron chi connectivity index (χ0n) is 20.8. The lowest BCUT2D eigenvalue weighted by molar-refractivity contribution is -0.138. The summed E-state index contributed by atoms with van der Waals surface area (Å²) in [5.74, 6) is 1.61. The number of hydrogen-bond acceptors (Lipinski definition) is 6. The second-order valence-corrected chi connectivity index (χ2v) is 7.93. The zero-order chi connectivity index (χ0) is 24.2. The number of aryl methyl sites for hydroxylation is 1. The molecule has 1 aromatic heterocycles. The van der Waals surface area contributed by atoms with Gasteiger partial charge in [-0.05, 0) is 64.2 Å². The average Bonchev–Trinajstić information content (AvgIpc) is 2.82. The molecule has 6 nitrogen and oxygen atoms in total. The Morgan fingerprint density at radius 3 is 2.24 bits per heavy atom. The highest BCUT2D eigenvalue weighted by Crippen LogP contribution is 2.44. The molecule has 0 aliphatic heterocycles. The molecule has 1 heterocycles. The smallest absolute Gasteiger partial charge is 0.334 e. The van der Waals surface area contributed by atoms with Gasteiger partial charge in [0.2, 0.25) is 0 Å². The van der Waals surface area contributed by atoms with Gasteiger partial charge in [-0.3, -0.25) is 4.98 Å². The van der Waals surface area contributed by atoms with Crippen LogP contribution in [0.15, 0.2) is 30.1 Å². The molecule has 6 heteroatoms. The van der Waals surface area contributed by atoms with E-state index in [9.17, 15) is 4.79 Å². The van der Waals surface area contributed by atoms with Crippen molar-refractivity contribution in [2.45, 2.75) is 59.3 Å². The molecular formula is C27H37NO5. The Hall–Kier alpha value is -3.02. The first kappa shape index (κ1) is 26.2. The van der Waals surface area contributed by atoms with Crippen LogP contribution >= 0.6 is 0 Å². The fourth-order valence-corrected chi connectivity index (χ4v) is 4.07. The van der Waals surface area contributed by atoms with Crippen LogP contribution in [-0.2, 0) is 16.0 Å². The van der Waals surface area contributed by atoms with Gasteiger partial charge in [-0.1, -0.05) is 18.9 Å². The fourth-order valence-electron chi connectivity index (χ4n) is 4.07. The Bertz CT molecular complexity index is 938. The summed E-state index contributed by atoms with van der Waals surface area (Å²) < 4.78 is 22.3. The molecule has 0 saturated heterocycles. The Morgan fingerprint density at radius 1 is 0.939 bits per heavy atom. The summed E-state index contributed by atoms with van der Waals surface area (Å²) in [5.41, 5.74) is 4.41. The minimum Gasteiger partial charge on any atom is -0.496 e. The van der Waals surface area contributed by atoms with E-state index >= 15 is 0 Å². The molecule has 2 rings (SSSR count). The summed E-state index contributed by atoms with van der Waals surface area (Å²) in [7, 11) is 4.84. The van der Waals surface area contributed by atoms with Crippen LogP contribution in [0.1, 0.15) is 61.3 Å². The molecule has 0 unspecified atom stereocenters. The van der Waals surface area contributed by atoms with Gasteiger partial charge in [-0.2, -0.15) is 0 Å². The van der Waals surface area contributed by atoms with Crippen molar-refractivity contribution in [2.24, 2.45) is 0 Å². The van der Waals surface area contributed by atoms with Crippen molar-refractivity contribution in [3.05, 3.63) is 52.4 Å². The number of methoxy groups -OCH3 is 3. The molecular weight excluding hydrogens is 418 g/mol. The number of carbonyl (C=O) groups is 1. The lowest BCUT2D eigenvalue weighted by Crippen LogP contribution is -2.09. The van der Waals surface area contributed by atoms with Gasteiger partial charge in [0.15, 0.2) is 11.5 Å². The normalized spacial score (nSPS) is 11.3. The van der Waals surface area contributed by atoms with E-state index in [4.69, 9.17) is 18.9 Å². The third-order valence-electron chi connectivity index (χ3n) is 5.73. The summed E-state index contributed by atoms with van der Waals surface area (Å²) in [6.07, 6.45) is 11.4. The number of nitrogens with zero attached hydrogens (tertiary/aromatic N) is 1. The highest BCUT2D eigenvalue weighted by atomic mass is 16.5. The lowest BCUT2D eigenvalue weighted by Gasteiger charge is -2.20. The maximum Gasteiger partial charge on any atom is 0.334 e. The monoisotopic (exact) mass is 455 g/mol. The fraction of sp³-hybridized carbons (Fsp3) is 0.481. The van der Waals surface area contributed by atoms with Gasteiger partial charge in [0.25, 0.3) is 0 Å². The number of rotatable bonds is 13. The molecule has 33 heavy (non-hydrogen) atoms. The third kappa shape index (κ3) is 6.98. The van der Waals surface area contributed by atoms with Gasteiger partial charge in [0.1, 0.15) is 5.75 Å². The molecule has 0 N–H and O–H groups in total. The number of aromatic nitrogens is 1. The number of esters is 1. The molecule has 2 aromatic rings. The topological polar surface area (TPSA) is 66.9 Å². The van der Waals surface area contributed by atoms with Crippen LogP contribution in [0, 0.1) is 13.8 Å². The van der Waals surface area contributed by atoms with Crippen LogP contribution in [0.3, 0.4) is 0 Å². The van der Waals surface area contributed by atoms with Crippen LogP contribution in [-0.4, -0.2) is 38.9 Å². The van der Waals surface area contributed by atoms with Gasteiger partial charge in [-0.25, -0.2) is 4.79 Å². The van der Waals surface area contributed by atoms with Crippen molar-refractivity contribution < 1.29 is 23.7 Å². The first-order chi connectivity index (χ1) is 16.0. The predicted octanol–water partition coefficient (Wildman–Crippen LogP) is 5.86. The Kier molecular flexibility index (Phi) is 10.7. The van der Waals surface area contributed by atoms with Gasteiger partial charge in [0, 0.05) is 34.7 Å². The van der Waals surface area contributed by atoms with Gasteiger partial charge in [0.05, 0.1) is 27.9 Å². The number of carbonyl (C=O) groups excluding carboxylic acids is 1. The summed E-state index contributed by atoms with van der Waals surface area (Å²) in [6.45, 7) is 6.04. The number of unbranched alkanes of at least 4 members (excludes halogenated alkanes) is 3. The van der Waals surface area contributed by atoms with Crippen molar-refractivity contribution in [1.82, 2.24) is 4.98 Å². The van der Waals surface area contributed by atoms with E-state index in [-0.39, 0.29) is 5.97 Å². The molecule has 180 valence electrons. The van der Waals surface area contributed by atoms with Crippen LogP contribution in [0.5, 0.6) is 17.2 Å². The molecule has 0 atom stereocenters. The highest BCUT2D eigenvalue weighted by molar-refractivity contribution is 5.95. The van der Waals surface area contributed by atoms with E-state index < -0.39 is 0 Å². The zero-order valence-corrected chi connectivity index (χ0v) is 20.8. The largest absolute Gasteiger partial charge is 0.496 e. The summed E-state index contributed by atoms with van der Waals surface area (Å²) in [4.78, 5) is 16.9. The molecule has 1 aromatic carbocycles. The minimum atomic E-state index is -0.298. The Labute approximate surface area is 197 Å². The van der Waals surface area contributed by atoms with Crippen LogP contribution in [0.2, 0.25) is 0 Å². The van der Waals surface area contributed by atoms with Crippen LogP contribution < -0.4 is 14.2 Å². The molecule has 0 radical (unpaired) electrons. The first-order valence-electron chi connectivity index (χ1n) is 11.5. The lowest BCUT2D eigenvalue weighted by atomic mass is 9.96. The van der Waals surface area contributed by atoms with E-state index in [1.165, 1.54) is 5.56 Å². The van der Waals surface area contributed by atoms with Gasteiger partial charge >= 0.3 is 5.97 Å². The van der Waals surface area contributed by atoms with E-state index in [1.807, 2.05) is 39.1 Å². The molecule has 0 aliphatic carbocycles. The van der Waals surface area contributed by atoms with Crippen molar-refractivity contribution >= 4 is 12.0 Å². The molecule has 0 saturated carbocycles. The SMILES string of the molecule is CCOC(=O)/C(=C/c1c(C)c(OC)c(C)c(OC)c1OC)CCCCCCc1cccnc1. The number of hydrogen-bond donors (Lipinski definition) is 0. The standard InChI is InChI=1S/C27H37NO5/c1-7-33-27(29)22(15-11-9-8-10-13-21-14-12-16-28-18-21)17-23-19(2)24(30-4)20(3)25(31-5)26(23)32-6/h12,14,16-18H,7-11,13,15H2,1-6H3/b22-17+. The second-order valence-electron chi connectivity index (χ2n) is 7.93. The number of ether oxygens (including phenoxy) is 4. The summed E-state index contributed by atoms with van der Waals surface area (Å²) >= 11 is 0. The van der Waals surface area contributed by atoms with Gasteiger partial charge in [-0.15, -0.1) is 0 Å². The van der Waals surface area contributed by atoms with E-state index in [0.29, 0.717) is 30.1 Å². The molecule has 0 fully saturated rings. The molecule has 0 spiro atoms. The first-order valence-corrected chi connectivity index (χ1v) is 11.5. The van der Waals surface area contributed by atoms with Crippen LogP contribution in [0.25, 0.3) is 6.08 Å². The van der Waals surface area contributed by atoms with Crippen molar-refractivity contribution in [1.29, 1.82) is 0 Å². The van der Waals surface area contributed by atoms with Crippen molar-refractivity contribution in [3.63, 3.8) is 0 Å². The van der Waals surface area contributed by atoms with Crippen molar-refractivity contribution in [3.8, 4) is 17.2 Å². The Morgan fingerprint density at radius 2 is 1.64 bits per heavy atom. The Balaban J connectivity index is 2.19. The third-order valence-corrected chi connectivity index (χ3v) is 5.73. The maximum atomic E-state index is 12.7. The quantitative estimate of drug-likeness (QED) is 0.214. The maximum absolute atomic E-state index is 12.7. The predicted molar refractivity (Wildman–Crippen MR) is 131 cm³/mol. The average molecular weight is 456 g/mol. The van der Waals surface area contributed by atoms with Crippen LogP contribution in [0.4, 0.5) is 0 Å². The second kappa shape index (κ2) is 13.5. The summed E-state index contributed by atoms with van der Waals surface area (Å²) in [5, 5.41) is 0. The van der Waals surface area contributed by atoms with E-state index in [0.717, 1.165) is 54.5 Å². The minimum absolute atomic E-state index is 0.298. The molecule has 0 aliphatic rings. The number of pyridine rings is 1. The van der Waals surface area contributed by atoms with E-state index in [1.54, 1.807) is 27.5 Å². The molecule has 0 amide bonds. The molecule has 0 bridgehead atoms.